The smallest absolute Gasteiger partial charge is 0.406 e. The molecule has 8 heteroatoms. The minimum absolute atomic E-state index is 0.247. The molecule has 90 valence electrons. The van der Waals surface area contributed by atoms with Gasteiger partial charge in [0.25, 0.3) is 0 Å². The third-order valence-corrected chi connectivity index (χ3v) is 2.75. The van der Waals surface area contributed by atoms with Gasteiger partial charge in [0.2, 0.25) is 10.0 Å². The summed E-state index contributed by atoms with van der Waals surface area (Å²) in [7, 11) is -4.06. The summed E-state index contributed by atoms with van der Waals surface area (Å²) in [6.07, 6.45) is -4.87. The van der Waals surface area contributed by atoms with Crippen molar-refractivity contribution < 1.29 is 26.3 Å². The first-order valence-corrected chi connectivity index (χ1v) is 5.53. The molecule has 4 nitrogen and oxygen atoms in total. The Balaban J connectivity index is 3.19. The molecule has 2 N–H and O–H groups in total. The zero-order valence-electron chi connectivity index (χ0n) is 8.08. The number of alkyl halides is 3. The van der Waals surface area contributed by atoms with Crippen LogP contribution in [0.5, 0.6) is 5.75 Å². The van der Waals surface area contributed by atoms with Crippen LogP contribution in [0.4, 0.5) is 13.2 Å². The van der Waals surface area contributed by atoms with E-state index in [0.29, 0.717) is 0 Å². The highest BCUT2D eigenvalue weighted by atomic mass is 32.2. The van der Waals surface area contributed by atoms with Crippen molar-refractivity contribution in [1.82, 2.24) is 0 Å². The molecule has 0 saturated heterocycles. The molecule has 0 unspecified atom stereocenters. The van der Waals surface area contributed by atoms with Gasteiger partial charge in [-0.3, -0.25) is 0 Å². The normalized spacial score (nSPS) is 12.6. The number of benzene rings is 1. The van der Waals surface area contributed by atoms with Crippen LogP contribution in [0.3, 0.4) is 0 Å². The van der Waals surface area contributed by atoms with Crippen molar-refractivity contribution in [2.24, 2.45) is 5.14 Å². The summed E-state index contributed by atoms with van der Waals surface area (Å²) < 4.78 is 61.2. The van der Waals surface area contributed by atoms with E-state index < -0.39 is 27.0 Å². The lowest BCUT2D eigenvalue weighted by Crippen LogP contribution is -2.18. The predicted octanol–water partition coefficient (Wildman–Crippen LogP) is 1.54. The average Bonchev–Trinajstić information content (AvgIpc) is 2.04. The Kier molecular flexibility index (Phi) is 3.15. The highest BCUT2D eigenvalue weighted by Gasteiger charge is 2.31. The number of hydrogen-bond acceptors (Lipinski definition) is 3. The van der Waals surface area contributed by atoms with Crippen molar-refractivity contribution in [2.75, 3.05) is 0 Å². The molecule has 0 bridgehead atoms. The van der Waals surface area contributed by atoms with Gasteiger partial charge >= 0.3 is 6.36 Å². The maximum absolute atomic E-state index is 11.9. The fourth-order valence-corrected chi connectivity index (χ4v) is 1.88. The Hall–Kier alpha value is -1.28. The summed E-state index contributed by atoms with van der Waals surface area (Å²) in [4.78, 5) is -0.394. The molecule has 0 radical (unpaired) electrons. The lowest BCUT2D eigenvalue weighted by atomic mass is 10.2. The molecule has 0 aliphatic carbocycles. The van der Waals surface area contributed by atoms with Crippen LogP contribution in [0.15, 0.2) is 23.1 Å². The summed E-state index contributed by atoms with van der Waals surface area (Å²) in [6, 6.07) is 2.93. The first-order chi connectivity index (χ1) is 7.09. The molecule has 0 fully saturated rings. The van der Waals surface area contributed by atoms with E-state index in [-0.39, 0.29) is 5.56 Å². The van der Waals surface area contributed by atoms with Crippen molar-refractivity contribution >= 4 is 10.0 Å². The number of ether oxygens (including phenoxy) is 1. The molecule has 0 aliphatic heterocycles. The molecule has 0 amide bonds. The predicted molar refractivity (Wildman–Crippen MR) is 49.2 cm³/mol. The van der Waals surface area contributed by atoms with Crippen LogP contribution in [-0.4, -0.2) is 14.8 Å². The minimum atomic E-state index is -4.87. The van der Waals surface area contributed by atoms with Crippen LogP contribution in [0.2, 0.25) is 0 Å². The fourth-order valence-electron chi connectivity index (χ4n) is 1.08. The minimum Gasteiger partial charge on any atom is -0.406 e. The van der Waals surface area contributed by atoms with Gasteiger partial charge in [-0.1, -0.05) is 6.07 Å². The van der Waals surface area contributed by atoms with Gasteiger partial charge in [-0.05, 0) is 18.6 Å². The van der Waals surface area contributed by atoms with E-state index in [0.717, 1.165) is 12.1 Å². The van der Waals surface area contributed by atoms with Gasteiger partial charge in [-0.2, -0.15) is 0 Å². The van der Waals surface area contributed by atoms with Crippen molar-refractivity contribution in [3.8, 4) is 5.75 Å². The van der Waals surface area contributed by atoms with Gasteiger partial charge in [0, 0.05) is 6.07 Å². The molecule has 0 heterocycles. The molecule has 0 atom stereocenters. The van der Waals surface area contributed by atoms with Gasteiger partial charge < -0.3 is 4.74 Å². The van der Waals surface area contributed by atoms with E-state index >= 15 is 0 Å². The maximum atomic E-state index is 11.9. The Labute approximate surface area is 89.9 Å². The second-order valence-electron chi connectivity index (χ2n) is 3.02. The fraction of sp³-hybridized carbons (Fsp3) is 0.250. The Morgan fingerprint density at radius 1 is 1.31 bits per heavy atom. The standard InChI is InChI=1S/C8H8F3NO3S/c1-5-2-3-6(15-8(9,10)11)4-7(5)16(12,13)14/h2-4H,1H3,(H2,12,13,14). The lowest BCUT2D eigenvalue weighted by Gasteiger charge is -2.10. The highest BCUT2D eigenvalue weighted by molar-refractivity contribution is 7.89. The first kappa shape index (κ1) is 12.8. The van der Waals surface area contributed by atoms with Crippen molar-refractivity contribution in [2.45, 2.75) is 18.2 Å². The lowest BCUT2D eigenvalue weighted by molar-refractivity contribution is -0.274. The van der Waals surface area contributed by atoms with Crippen molar-refractivity contribution in [3.63, 3.8) is 0 Å². The number of sulfonamides is 1. The molecule has 1 aromatic rings. The van der Waals surface area contributed by atoms with E-state index in [1.165, 1.54) is 13.0 Å². The molecular weight excluding hydrogens is 247 g/mol. The van der Waals surface area contributed by atoms with E-state index in [2.05, 4.69) is 4.74 Å². The zero-order valence-corrected chi connectivity index (χ0v) is 8.89. The Morgan fingerprint density at radius 3 is 2.31 bits per heavy atom. The third-order valence-electron chi connectivity index (χ3n) is 1.70. The van der Waals surface area contributed by atoms with Gasteiger partial charge in [0.15, 0.2) is 0 Å². The molecule has 0 aromatic heterocycles. The summed E-state index contributed by atoms with van der Waals surface area (Å²) in [5.74, 6) is -0.623. The zero-order chi connectivity index (χ0) is 12.6. The summed E-state index contributed by atoms with van der Waals surface area (Å²) in [5, 5.41) is 4.83. The Morgan fingerprint density at radius 2 is 1.88 bits per heavy atom. The van der Waals surface area contributed by atoms with E-state index in [9.17, 15) is 21.6 Å². The summed E-state index contributed by atoms with van der Waals surface area (Å²) in [5.41, 5.74) is 0.247. The van der Waals surface area contributed by atoms with Crippen LogP contribution in [0, 0.1) is 6.92 Å². The molecule has 0 aliphatic rings. The average molecular weight is 255 g/mol. The molecule has 1 rings (SSSR count). The molecule has 16 heavy (non-hydrogen) atoms. The van der Waals surface area contributed by atoms with E-state index in [4.69, 9.17) is 5.14 Å². The van der Waals surface area contributed by atoms with Crippen LogP contribution in [-0.2, 0) is 10.0 Å². The number of primary sulfonamides is 1. The second kappa shape index (κ2) is 3.95. The molecule has 0 spiro atoms. The van der Waals surface area contributed by atoms with Crippen LogP contribution in [0.1, 0.15) is 5.56 Å². The monoisotopic (exact) mass is 255 g/mol. The van der Waals surface area contributed by atoms with Gasteiger partial charge in [0.05, 0.1) is 4.90 Å². The number of aryl methyl sites for hydroxylation is 1. The number of nitrogens with two attached hydrogens (primary N) is 1. The quantitative estimate of drug-likeness (QED) is 0.871. The number of halogens is 3. The summed E-state index contributed by atoms with van der Waals surface area (Å²) in [6.45, 7) is 1.41. The first-order valence-electron chi connectivity index (χ1n) is 3.99. The maximum Gasteiger partial charge on any atom is 0.573 e. The van der Waals surface area contributed by atoms with Crippen LogP contribution in [0.25, 0.3) is 0 Å². The summed E-state index contributed by atoms with van der Waals surface area (Å²) >= 11 is 0. The van der Waals surface area contributed by atoms with E-state index in [1.54, 1.807) is 0 Å². The van der Waals surface area contributed by atoms with Gasteiger partial charge in [-0.25, -0.2) is 13.6 Å². The number of hydrogen-bond donors (Lipinski definition) is 1. The van der Waals surface area contributed by atoms with Crippen LogP contribution < -0.4 is 9.88 Å². The topological polar surface area (TPSA) is 69.4 Å². The third kappa shape index (κ3) is 3.38. The molecular formula is C8H8F3NO3S. The van der Waals surface area contributed by atoms with Gasteiger partial charge in [-0.15, -0.1) is 13.2 Å². The highest BCUT2D eigenvalue weighted by Crippen LogP contribution is 2.26. The van der Waals surface area contributed by atoms with Crippen LogP contribution >= 0.6 is 0 Å². The van der Waals surface area contributed by atoms with Crippen molar-refractivity contribution in [3.05, 3.63) is 23.8 Å². The second-order valence-corrected chi connectivity index (χ2v) is 4.55. The SMILES string of the molecule is Cc1ccc(OC(F)(F)F)cc1S(N)(=O)=O. The molecule has 1 aromatic carbocycles. The van der Waals surface area contributed by atoms with E-state index in [1.807, 2.05) is 0 Å². The van der Waals surface area contributed by atoms with Crippen molar-refractivity contribution in [1.29, 1.82) is 0 Å². The number of rotatable bonds is 2. The molecule has 0 saturated carbocycles. The Bertz CT molecular complexity index is 496. The van der Waals surface area contributed by atoms with Gasteiger partial charge in [0.1, 0.15) is 5.75 Å². The largest absolute Gasteiger partial charge is 0.573 e.